The van der Waals surface area contributed by atoms with Gasteiger partial charge in [0, 0.05) is 6.42 Å². The van der Waals surface area contributed by atoms with Crippen LogP contribution in [-0.2, 0) is 18.4 Å². The Hall–Kier alpha value is -2.36. The van der Waals surface area contributed by atoms with E-state index in [4.69, 9.17) is 9.05 Å². The number of nitrogens with zero attached hydrogens (tertiary/aromatic N) is 1. The number of hydrogen-bond donors (Lipinski definition) is 3. The summed E-state index contributed by atoms with van der Waals surface area (Å²) in [5, 5.41) is 24.6. The Kier molecular flexibility index (Phi) is 45.7. The van der Waals surface area contributed by atoms with Crippen molar-refractivity contribution in [2.45, 2.75) is 231 Å². The fourth-order valence-corrected chi connectivity index (χ4v) is 8.24. The van der Waals surface area contributed by atoms with E-state index in [2.05, 4.69) is 97.3 Å². The molecule has 0 rings (SSSR count). The van der Waals surface area contributed by atoms with E-state index < -0.39 is 32.7 Å². The first-order valence-corrected chi connectivity index (χ1v) is 28.4. The van der Waals surface area contributed by atoms with Crippen molar-refractivity contribution in [3.05, 3.63) is 85.1 Å². The fraction of sp³-hybridized carbons (Fsp3) is 0.737. The maximum absolute atomic E-state index is 13.0. The molecule has 0 spiro atoms. The maximum atomic E-state index is 13.0. The summed E-state index contributed by atoms with van der Waals surface area (Å²) in [6.07, 6.45) is 62.4. The molecule has 0 heterocycles. The number of rotatable bonds is 48. The first-order valence-electron chi connectivity index (χ1n) is 27.0. The number of allylic oxidation sites excluding steroid dienone is 14. The third-order valence-electron chi connectivity index (χ3n) is 11.8. The summed E-state index contributed by atoms with van der Waals surface area (Å²) in [6, 6.07) is -1.10. The predicted octanol–water partition coefficient (Wildman–Crippen LogP) is 14.4. The molecule has 0 saturated carbocycles. The van der Waals surface area contributed by atoms with Crippen LogP contribution in [0.1, 0.15) is 213 Å². The van der Waals surface area contributed by atoms with Gasteiger partial charge in [-0.05, 0) is 96.8 Å². The minimum atomic E-state index is -4.69. The largest absolute Gasteiger partial charge is 0.756 e. The molecule has 4 unspecified atom stereocenters. The fourth-order valence-electron chi connectivity index (χ4n) is 7.52. The number of carbonyl (C=O) groups excluding carboxylic acids is 1. The Morgan fingerprint density at radius 3 is 1.45 bits per heavy atom. The van der Waals surface area contributed by atoms with Gasteiger partial charge in [-0.15, -0.1) is 0 Å². The van der Waals surface area contributed by atoms with Crippen LogP contribution < -0.4 is 10.2 Å². The highest BCUT2D eigenvalue weighted by molar-refractivity contribution is 7.45. The number of unbranched alkanes of at least 4 members (excludes halogenated alkanes) is 21. The van der Waals surface area contributed by atoms with Crippen molar-refractivity contribution in [3.63, 3.8) is 0 Å². The van der Waals surface area contributed by atoms with Crippen LogP contribution in [0.2, 0.25) is 0 Å². The van der Waals surface area contributed by atoms with Crippen LogP contribution in [0.4, 0.5) is 0 Å². The second-order valence-corrected chi connectivity index (χ2v) is 20.7. The molecule has 0 aromatic carbocycles. The summed E-state index contributed by atoms with van der Waals surface area (Å²) in [5.41, 5.74) is 0. The number of phosphoric ester groups is 1. The molecule has 10 heteroatoms. The first kappa shape index (κ1) is 64.6. The second-order valence-electron chi connectivity index (χ2n) is 19.3. The van der Waals surface area contributed by atoms with Crippen LogP contribution in [0.15, 0.2) is 85.1 Å². The lowest BCUT2D eigenvalue weighted by molar-refractivity contribution is -0.870. The number of likely N-dealkylation sites (N-methyl/N-ethyl adjacent to an activating group) is 1. The lowest BCUT2D eigenvalue weighted by Gasteiger charge is -2.31. The second kappa shape index (κ2) is 47.3. The van der Waals surface area contributed by atoms with Gasteiger partial charge in [0.2, 0.25) is 5.91 Å². The molecule has 0 bridgehead atoms. The zero-order valence-electron chi connectivity index (χ0n) is 43.7. The van der Waals surface area contributed by atoms with E-state index in [0.29, 0.717) is 30.3 Å². The molecular weight excluding hydrogens is 856 g/mol. The van der Waals surface area contributed by atoms with Gasteiger partial charge < -0.3 is 34.0 Å². The van der Waals surface area contributed by atoms with Gasteiger partial charge in [0.25, 0.3) is 7.82 Å². The number of phosphoric acid groups is 1. The Bertz CT molecular complexity index is 1380. The zero-order valence-corrected chi connectivity index (χ0v) is 44.6. The molecule has 0 aromatic rings. The lowest BCUT2D eigenvalue weighted by atomic mass is 10.0. The number of amides is 1. The third-order valence-corrected chi connectivity index (χ3v) is 12.7. The molecule has 3 N–H and O–H groups in total. The zero-order chi connectivity index (χ0) is 49.4. The topological polar surface area (TPSA) is 128 Å². The van der Waals surface area contributed by atoms with Gasteiger partial charge in [-0.1, -0.05) is 195 Å². The van der Waals surface area contributed by atoms with Crippen molar-refractivity contribution < 1.29 is 38.0 Å². The van der Waals surface area contributed by atoms with Gasteiger partial charge in [-0.25, -0.2) is 0 Å². The molecule has 388 valence electrons. The van der Waals surface area contributed by atoms with Crippen molar-refractivity contribution in [1.29, 1.82) is 0 Å². The summed E-state index contributed by atoms with van der Waals surface area (Å²) in [7, 11) is 1.09. The molecular formula is C57H103N2O7P. The van der Waals surface area contributed by atoms with Crippen molar-refractivity contribution in [1.82, 2.24) is 5.32 Å². The summed E-state index contributed by atoms with van der Waals surface area (Å²) in [6.45, 7) is 4.08. The Morgan fingerprint density at radius 1 is 0.567 bits per heavy atom. The molecule has 1 amide bonds. The average Bonchev–Trinajstić information content (AvgIpc) is 3.29. The van der Waals surface area contributed by atoms with Gasteiger partial charge in [-0.2, -0.15) is 0 Å². The number of carbonyl (C=O) groups is 1. The van der Waals surface area contributed by atoms with Crippen molar-refractivity contribution in [2.75, 3.05) is 40.9 Å². The number of hydrogen-bond acceptors (Lipinski definition) is 7. The highest BCUT2D eigenvalue weighted by Crippen LogP contribution is 2.38. The van der Waals surface area contributed by atoms with Gasteiger partial charge in [0.05, 0.1) is 39.9 Å². The molecule has 0 aliphatic carbocycles. The van der Waals surface area contributed by atoms with E-state index in [1.807, 2.05) is 28.1 Å². The van der Waals surface area contributed by atoms with Gasteiger partial charge in [0.15, 0.2) is 0 Å². The summed E-state index contributed by atoms with van der Waals surface area (Å²) in [4.78, 5) is 25.5. The van der Waals surface area contributed by atoms with Gasteiger partial charge >= 0.3 is 0 Å². The predicted molar refractivity (Wildman–Crippen MR) is 285 cm³/mol. The molecule has 67 heavy (non-hydrogen) atoms. The van der Waals surface area contributed by atoms with E-state index in [-0.39, 0.29) is 18.9 Å². The lowest BCUT2D eigenvalue weighted by Crippen LogP contribution is -2.51. The molecule has 0 fully saturated rings. The van der Waals surface area contributed by atoms with Crippen LogP contribution in [0.25, 0.3) is 0 Å². The van der Waals surface area contributed by atoms with Crippen molar-refractivity contribution in [2.24, 2.45) is 0 Å². The summed E-state index contributed by atoms with van der Waals surface area (Å²) < 4.78 is 23.2. The molecule has 0 aromatic heterocycles. The summed E-state index contributed by atoms with van der Waals surface area (Å²) in [5.74, 6) is -0.297. The number of aliphatic hydroxyl groups excluding tert-OH is 2. The van der Waals surface area contributed by atoms with Crippen molar-refractivity contribution in [3.8, 4) is 0 Å². The van der Waals surface area contributed by atoms with E-state index >= 15 is 0 Å². The van der Waals surface area contributed by atoms with E-state index in [0.717, 1.165) is 77.0 Å². The third kappa shape index (κ3) is 48.5. The van der Waals surface area contributed by atoms with E-state index in [1.54, 1.807) is 0 Å². The summed E-state index contributed by atoms with van der Waals surface area (Å²) >= 11 is 0. The molecule has 9 nitrogen and oxygen atoms in total. The van der Waals surface area contributed by atoms with Gasteiger partial charge in [0.1, 0.15) is 19.3 Å². The minimum absolute atomic E-state index is 0.0526. The van der Waals surface area contributed by atoms with Crippen LogP contribution in [-0.4, -0.2) is 79.8 Å². The molecule has 4 atom stereocenters. The van der Waals surface area contributed by atoms with E-state index in [1.165, 1.54) is 96.3 Å². The number of quaternary nitrogens is 1. The normalized spacial score (nSPS) is 15.2. The van der Waals surface area contributed by atoms with Gasteiger partial charge in [-0.3, -0.25) is 9.36 Å². The molecule has 0 aliphatic rings. The Morgan fingerprint density at radius 2 is 0.970 bits per heavy atom. The average molecular weight is 959 g/mol. The maximum Gasteiger partial charge on any atom is 0.268 e. The Balaban J connectivity index is 4.16. The molecule has 0 saturated heterocycles. The highest BCUT2D eigenvalue weighted by Gasteiger charge is 2.29. The quantitative estimate of drug-likeness (QED) is 0.0240. The highest BCUT2D eigenvalue weighted by atomic mass is 31.2. The SMILES string of the molecule is C/C=C/CC/C=C/CC/C=C/CCCC(O)C(O)C(COP(=O)([O-])OCC[N+](C)(C)C)NC(=O)CCCCCCCCCCCCCCCCCCCC/C=C\C/C=C\C/C=C\C/C=C\CC. The van der Waals surface area contributed by atoms with Crippen LogP contribution in [0.5, 0.6) is 0 Å². The van der Waals surface area contributed by atoms with Crippen LogP contribution in [0, 0.1) is 0 Å². The first-order chi connectivity index (χ1) is 32.4. The monoisotopic (exact) mass is 959 g/mol. The molecule has 0 radical (unpaired) electrons. The van der Waals surface area contributed by atoms with Crippen LogP contribution >= 0.6 is 7.82 Å². The standard InChI is InChI=1S/C57H103N2O7P/c1-6-8-10-12-14-16-18-20-21-22-23-24-25-26-27-28-29-30-31-32-33-34-35-36-37-38-40-42-44-46-48-50-56(61)58-54(53-66-67(63,64)65-52-51-59(3,4)5)57(62)55(60)49-47-45-43-41-39-19-17-15-13-11-9-7-2/h7-10,14-17,20-21,23-24,41,43,54-55,57,60,62H,6,11-13,18-19,22,25-40,42,44-53H2,1-5H3,(H-,58,61,63,64)/b9-7+,10-8-,16-14-,17-15+,21-20-,24-23-,43-41+. The van der Waals surface area contributed by atoms with E-state index in [9.17, 15) is 24.5 Å². The smallest absolute Gasteiger partial charge is 0.268 e. The number of nitrogens with one attached hydrogen (secondary N) is 1. The Labute approximate surface area is 412 Å². The molecule has 0 aliphatic heterocycles. The minimum Gasteiger partial charge on any atom is -0.756 e. The van der Waals surface area contributed by atoms with Crippen molar-refractivity contribution >= 4 is 13.7 Å². The number of aliphatic hydroxyl groups is 2. The van der Waals surface area contributed by atoms with Crippen LogP contribution in [0.3, 0.4) is 0 Å².